The van der Waals surface area contributed by atoms with Crippen LogP contribution in [0.15, 0.2) is 42.5 Å². The minimum Gasteiger partial charge on any atom is -0.442 e. The molecule has 0 saturated carbocycles. The SMILES string of the molecule is O=C(NC[C@H]1CN(c2ccccc2)C(=O)O1)c1ccc(Cl)s1. The van der Waals surface area contributed by atoms with Crippen molar-refractivity contribution in [3.05, 3.63) is 51.7 Å². The average Bonchev–Trinajstić information content (AvgIpc) is 3.12. The van der Waals surface area contributed by atoms with E-state index < -0.39 is 6.09 Å². The van der Waals surface area contributed by atoms with Crippen LogP contribution in [0, 0.1) is 0 Å². The molecule has 0 bridgehead atoms. The van der Waals surface area contributed by atoms with Crippen LogP contribution in [0.2, 0.25) is 4.34 Å². The first-order valence-corrected chi connectivity index (χ1v) is 7.89. The van der Waals surface area contributed by atoms with E-state index >= 15 is 0 Å². The van der Waals surface area contributed by atoms with Gasteiger partial charge in [-0.25, -0.2) is 4.79 Å². The summed E-state index contributed by atoms with van der Waals surface area (Å²) in [7, 11) is 0. The zero-order valence-electron chi connectivity index (χ0n) is 11.5. The lowest BCUT2D eigenvalue weighted by molar-refractivity contribution is 0.0920. The summed E-state index contributed by atoms with van der Waals surface area (Å²) in [6.45, 7) is 0.678. The molecule has 1 aliphatic rings. The second-order valence-corrected chi connectivity index (χ2v) is 6.48. The van der Waals surface area contributed by atoms with Crippen molar-refractivity contribution >= 4 is 40.6 Å². The Kier molecular flexibility index (Phi) is 4.31. The van der Waals surface area contributed by atoms with Crippen LogP contribution in [0.3, 0.4) is 0 Å². The highest BCUT2D eigenvalue weighted by Crippen LogP contribution is 2.22. The maximum atomic E-state index is 11.9. The monoisotopic (exact) mass is 336 g/mol. The predicted octanol–water partition coefficient (Wildman–Crippen LogP) is 3.16. The van der Waals surface area contributed by atoms with E-state index in [1.54, 1.807) is 17.0 Å². The van der Waals surface area contributed by atoms with E-state index in [0.717, 1.165) is 5.69 Å². The highest BCUT2D eigenvalue weighted by molar-refractivity contribution is 7.17. The van der Waals surface area contributed by atoms with Crippen molar-refractivity contribution < 1.29 is 14.3 Å². The topological polar surface area (TPSA) is 58.6 Å². The van der Waals surface area contributed by atoms with Gasteiger partial charge in [-0.2, -0.15) is 0 Å². The average molecular weight is 337 g/mol. The minimum atomic E-state index is -0.399. The summed E-state index contributed by atoms with van der Waals surface area (Å²) in [5.74, 6) is -0.217. The second kappa shape index (κ2) is 6.37. The fraction of sp³-hybridized carbons (Fsp3) is 0.200. The van der Waals surface area contributed by atoms with Crippen molar-refractivity contribution in [2.75, 3.05) is 18.0 Å². The van der Waals surface area contributed by atoms with E-state index in [-0.39, 0.29) is 18.6 Å². The van der Waals surface area contributed by atoms with E-state index in [4.69, 9.17) is 16.3 Å². The number of hydrogen-bond donors (Lipinski definition) is 1. The number of nitrogens with one attached hydrogen (secondary N) is 1. The molecule has 1 aromatic carbocycles. The van der Waals surface area contributed by atoms with E-state index in [2.05, 4.69) is 5.32 Å². The number of carbonyl (C=O) groups is 2. The smallest absolute Gasteiger partial charge is 0.414 e. The van der Waals surface area contributed by atoms with Gasteiger partial charge in [-0.1, -0.05) is 29.8 Å². The van der Waals surface area contributed by atoms with Gasteiger partial charge < -0.3 is 10.1 Å². The van der Waals surface area contributed by atoms with Gasteiger partial charge in [0, 0.05) is 5.69 Å². The lowest BCUT2D eigenvalue weighted by Gasteiger charge is -2.12. The van der Waals surface area contributed by atoms with Gasteiger partial charge in [0.25, 0.3) is 5.91 Å². The molecule has 5 nitrogen and oxygen atoms in total. The van der Waals surface area contributed by atoms with Gasteiger partial charge in [-0.15, -0.1) is 11.3 Å². The number of hydrogen-bond acceptors (Lipinski definition) is 4. The van der Waals surface area contributed by atoms with Crippen molar-refractivity contribution in [2.24, 2.45) is 0 Å². The molecule has 2 aromatic rings. The number of thiophene rings is 1. The highest BCUT2D eigenvalue weighted by atomic mass is 35.5. The first-order chi connectivity index (χ1) is 10.6. The van der Waals surface area contributed by atoms with Crippen LogP contribution in [0.5, 0.6) is 0 Å². The summed E-state index contributed by atoms with van der Waals surface area (Å²) in [5.41, 5.74) is 0.784. The number of benzene rings is 1. The molecule has 1 N–H and O–H groups in total. The molecular weight excluding hydrogens is 324 g/mol. The molecule has 1 aromatic heterocycles. The van der Waals surface area contributed by atoms with Gasteiger partial charge in [0.1, 0.15) is 6.10 Å². The first kappa shape index (κ1) is 14.9. The molecule has 0 radical (unpaired) electrons. The summed E-state index contributed by atoms with van der Waals surface area (Å²) in [5, 5.41) is 2.76. The molecule has 0 spiro atoms. The molecule has 1 fully saturated rings. The molecule has 114 valence electrons. The number of rotatable bonds is 4. The number of nitrogens with zero attached hydrogens (tertiary/aromatic N) is 1. The molecule has 2 heterocycles. The van der Waals surface area contributed by atoms with E-state index in [1.165, 1.54) is 11.3 Å². The molecule has 1 saturated heterocycles. The molecule has 3 rings (SSSR count). The van der Waals surface area contributed by atoms with Crippen LogP contribution < -0.4 is 10.2 Å². The van der Waals surface area contributed by atoms with Crippen LogP contribution in [-0.4, -0.2) is 31.2 Å². The number of para-hydroxylation sites is 1. The summed E-state index contributed by atoms with van der Waals surface area (Å²) >= 11 is 7.01. The molecule has 1 atom stereocenters. The Balaban J connectivity index is 1.56. The predicted molar refractivity (Wildman–Crippen MR) is 85.7 cm³/mol. The Morgan fingerprint density at radius 3 is 2.77 bits per heavy atom. The van der Waals surface area contributed by atoms with Crippen molar-refractivity contribution in [1.82, 2.24) is 5.32 Å². The van der Waals surface area contributed by atoms with Gasteiger partial charge in [0.05, 0.1) is 22.3 Å². The maximum Gasteiger partial charge on any atom is 0.414 e. The number of carbonyl (C=O) groups excluding carboxylic acids is 2. The number of amides is 2. The van der Waals surface area contributed by atoms with Gasteiger partial charge in [0.15, 0.2) is 0 Å². The Morgan fingerprint density at radius 1 is 1.32 bits per heavy atom. The Labute approximate surface area is 136 Å². The zero-order chi connectivity index (χ0) is 15.5. The fourth-order valence-electron chi connectivity index (χ4n) is 2.18. The summed E-state index contributed by atoms with van der Waals surface area (Å²) < 4.78 is 5.83. The Bertz CT molecular complexity index is 689. The second-order valence-electron chi connectivity index (χ2n) is 4.77. The lowest BCUT2D eigenvalue weighted by Crippen LogP contribution is -2.34. The molecule has 0 unspecified atom stereocenters. The Hall–Kier alpha value is -2.05. The van der Waals surface area contributed by atoms with E-state index in [0.29, 0.717) is 15.8 Å². The Morgan fingerprint density at radius 2 is 2.09 bits per heavy atom. The van der Waals surface area contributed by atoms with Gasteiger partial charge >= 0.3 is 6.09 Å². The number of ether oxygens (including phenoxy) is 1. The van der Waals surface area contributed by atoms with Crippen LogP contribution in [0.25, 0.3) is 0 Å². The molecule has 22 heavy (non-hydrogen) atoms. The molecular formula is C15H13ClN2O3S. The number of halogens is 1. The minimum absolute atomic E-state index is 0.217. The number of anilines is 1. The third-order valence-corrected chi connectivity index (χ3v) is 4.46. The molecule has 1 aliphatic heterocycles. The van der Waals surface area contributed by atoms with Gasteiger partial charge in [0.2, 0.25) is 0 Å². The van der Waals surface area contributed by atoms with Crippen LogP contribution in [0.1, 0.15) is 9.67 Å². The zero-order valence-corrected chi connectivity index (χ0v) is 13.1. The molecule has 2 amide bonds. The largest absolute Gasteiger partial charge is 0.442 e. The first-order valence-electron chi connectivity index (χ1n) is 6.70. The van der Waals surface area contributed by atoms with Crippen LogP contribution in [0.4, 0.5) is 10.5 Å². The lowest BCUT2D eigenvalue weighted by atomic mass is 10.2. The van der Waals surface area contributed by atoms with Crippen molar-refractivity contribution in [1.29, 1.82) is 0 Å². The third-order valence-electron chi connectivity index (χ3n) is 3.23. The molecule has 0 aliphatic carbocycles. The normalized spacial score (nSPS) is 17.4. The van der Waals surface area contributed by atoms with Crippen LogP contribution >= 0.6 is 22.9 Å². The summed E-state index contributed by atoms with van der Waals surface area (Å²) in [6, 6.07) is 12.6. The van der Waals surface area contributed by atoms with Crippen molar-refractivity contribution in [3.63, 3.8) is 0 Å². The van der Waals surface area contributed by atoms with Gasteiger partial charge in [-0.05, 0) is 24.3 Å². The summed E-state index contributed by atoms with van der Waals surface area (Å²) in [6.07, 6.45) is -0.767. The highest BCUT2D eigenvalue weighted by Gasteiger charge is 2.32. The third kappa shape index (κ3) is 3.23. The summed E-state index contributed by atoms with van der Waals surface area (Å²) in [4.78, 5) is 25.9. The maximum absolute atomic E-state index is 11.9. The van der Waals surface area contributed by atoms with E-state index in [9.17, 15) is 9.59 Å². The fourth-order valence-corrected chi connectivity index (χ4v) is 3.14. The van der Waals surface area contributed by atoms with Crippen molar-refractivity contribution in [3.8, 4) is 0 Å². The van der Waals surface area contributed by atoms with Gasteiger partial charge in [-0.3, -0.25) is 9.69 Å². The standard InChI is InChI=1S/C15H13ClN2O3S/c16-13-7-6-12(22-13)14(19)17-8-11-9-18(15(20)21-11)10-4-2-1-3-5-10/h1-7,11H,8-9H2,(H,17,19)/t11-/m0/s1. The number of cyclic esters (lactones) is 1. The molecule has 7 heteroatoms. The van der Waals surface area contributed by atoms with Crippen molar-refractivity contribution in [2.45, 2.75) is 6.10 Å². The van der Waals surface area contributed by atoms with Crippen LogP contribution in [-0.2, 0) is 4.74 Å². The van der Waals surface area contributed by atoms with E-state index in [1.807, 2.05) is 30.3 Å². The quantitative estimate of drug-likeness (QED) is 0.933.